The summed E-state index contributed by atoms with van der Waals surface area (Å²) in [5.74, 6) is 0.718. The molecule has 55 heavy (non-hydrogen) atoms. The molecule has 6 nitrogen and oxygen atoms in total. The van der Waals surface area contributed by atoms with E-state index in [2.05, 4.69) is 0 Å². The van der Waals surface area contributed by atoms with Crippen molar-refractivity contribution in [2.45, 2.75) is 6.18 Å². The standard InChI is InChI=1S/C46H26F3N5O/c47-46(48,49)28-22-24-38(53-37-20-10-6-17-33(37)41-39(53)25-23-32-31-16-7-11-21-40(31)55-42(32)41)34(26-28)44-50-43(27-12-2-1-3-13-27)51-45(52-44)54-35-18-8-4-14-29(35)30-15-5-9-19-36(30)54/h1-26H. The van der Waals surface area contributed by atoms with Gasteiger partial charge in [-0.1, -0.05) is 103 Å². The minimum Gasteiger partial charge on any atom is -0.455 e. The molecule has 0 fully saturated rings. The van der Waals surface area contributed by atoms with E-state index in [1.165, 1.54) is 6.07 Å². The Morgan fingerprint density at radius 1 is 0.473 bits per heavy atom. The summed E-state index contributed by atoms with van der Waals surface area (Å²) >= 11 is 0. The average Bonchev–Trinajstić information content (AvgIpc) is 3.88. The molecular weight excluding hydrogens is 696 g/mol. The first-order chi connectivity index (χ1) is 26.9. The van der Waals surface area contributed by atoms with E-state index in [-0.39, 0.29) is 17.3 Å². The summed E-state index contributed by atoms with van der Waals surface area (Å²) in [7, 11) is 0. The summed E-state index contributed by atoms with van der Waals surface area (Å²) in [6.07, 6.45) is -4.63. The largest absolute Gasteiger partial charge is 0.455 e. The van der Waals surface area contributed by atoms with Crippen molar-refractivity contribution in [2.24, 2.45) is 0 Å². The highest BCUT2D eigenvalue weighted by molar-refractivity contribution is 6.24. The molecule has 11 rings (SSSR count). The third-order valence-corrected chi connectivity index (χ3v) is 10.4. The number of hydrogen-bond donors (Lipinski definition) is 0. The average molecular weight is 722 g/mol. The third-order valence-electron chi connectivity index (χ3n) is 10.4. The first-order valence-electron chi connectivity index (χ1n) is 17.8. The minimum absolute atomic E-state index is 0.0996. The number of aromatic nitrogens is 5. The van der Waals surface area contributed by atoms with Crippen molar-refractivity contribution in [3.63, 3.8) is 0 Å². The van der Waals surface area contributed by atoms with E-state index >= 15 is 0 Å². The zero-order valence-corrected chi connectivity index (χ0v) is 28.8. The highest BCUT2D eigenvalue weighted by Gasteiger charge is 2.33. The van der Waals surface area contributed by atoms with E-state index in [0.29, 0.717) is 22.7 Å². The van der Waals surface area contributed by atoms with Crippen LogP contribution in [0.25, 0.3) is 100.0 Å². The van der Waals surface area contributed by atoms with E-state index in [1.807, 2.05) is 149 Å². The zero-order valence-electron chi connectivity index (χ0n) is 28.8. The second kappa shape index (κ2) is 11.6. The van der Waals surface area contributed by atoms with Gasteiger partial charge in [0, 0.05) is 38.1 Å². The van der Waals surface area contributed by atoms with Crippen LogP contribution in [0.5, 0.6) is 0 Å². The molecule has 11 aromatic rings. The number of para-hydroxylation sites is 4. The fourth-order valence-corrected chi connectivity index (χ4v) is 8.02. The van der Waals surface area contributed by atoms with Crippen LogP contribution in [0.15, 0.2) is 162 Å². The second-order valence-electron chi connectivity index (χ2n) is 13.5. The maximum absolute atomic E-state index is 14.7. The van der Waals surface area contributed by atoms with Crippen molar-refractivity contribution in [3.8, 4) is 34.4 Å². The van der Waals surface area contributed by atoms with Gasteiger partial charge in [-0.2, -0.15) is 23.1 Å². The summed E-state index contributed by atoms with van der Waals surface area (Å²) in [6.45, 7) is 0. The number of fused-ring (bicyclic) bond motifs is 10. The summed E-state index contributed by atoms with van der Waals surface area (Å²) in [6, 6.07) is 48.9. The Kier molecular flexibility index (Phi) is 6.61. The maximum Gasteiger partial charge on any atom is 0.416 e. The van der Waals surface area contributed by atoms with Crippen molar-refractivity contribution in [2.75, 3.05) is 0 Å². The summed E-state index contributed by atoms with van der Waals surface area (Å²) < 4.78 is 54.4. The van der Waals surface area contributed by atoms with Crippen molar-refractivity contribution in [1.82, 2.24) is 24.1 Å². The van der Waals surface area contributed by atoms with Gasteiger partial charge < -0.3 is 8.98 Å². The van der Waals surface area contributed by atoms with Gasteiger partial charge in [-0.15, -0.1) is 0 Å². The molecule has 0 unspecified atom stereocenters. The van der Waals surface area contributed by atoms with Gasteiger partial charge in [0.2, 0.25) is 5.95 Å². The third kappa shape index (κ3) is 4.72. The van der Waals surface area contributed by atoms with Crippen molar-refractivity contribution < 1.29 is 17.6 Å². The predicted octanol–water partition coefficient (Wildman–Crippen LogP) is 12.3. The quantitative estimate of drug-likeness (QED) is 0.182. The summed E-state index contributed by atoms with van der Waals surface area (Å²) in [5, 5.41) is 5.72. The molecule has 0 aliphatic heterocycles. The Hall–Kier alpha value is -7.26. The molecule has 0 saturated heterocycles. The number of furan rings is 1. The lowest BCUT2D eigenvalue weighted by atomic mass is 10.1. The Morgan fingerprint density at radius 2 is 1.07 bits per heavy atom. The Bertz CT molecular complexity index is 3270. The summed E-state index contributed by atoms with van der Waals surface area (Å²) in [5.41, 5.74) is 5.33. The number of alkyl halides is 3. The molecule has 0 atom stereocenters. The highest BCUT2D eigenvalue weighted by Crippen LogP contribution is 2.43. The molecule has 7 aromatic carbocycles. The fraction of sp³-hybridized carbons (Fsp3) is 0.0217. The monoisotopic (exact) mass is 721 g/mol. The number of benzene rings is 7. The molecule has 9 heteroatoms. The van der Waals surface area contributed by atoms with Crippen LogP contribution < -0.4 is 0 Å². The van der Waals surface area contributed by atoms with Crippen LogP contribution in [0.1, 0.15) is 5.56 Å². The van der Waals surface area contributed by atoms with E-state index in [0.717, 1.165) is 72.1 Å². The smallest absolute Gasteiger partial charge is 0.416 e. The topological polar surface area (TPSA) is 61.7 Å². The molecule has 0 saturated carbocycles. The van der Waals surface area contributed by atoms with E-state index in [9.17, 15) is 13.2 Å². The molecule has 4 aromatic heterocycles. The number of hydrogen-bond acceptors (Lipinski definition) is 4. The first kappa shape index (κ1) is 31.3. The molecule has 0 N–H and O–H groups in total. The number of nitrogens with zero attached hydrogens (tertiary/aromatic N) is 5. The fourth-order valence-electron chi connectivity index (χ4n) is 8.02. The molecule has 0 aliphatic carbocycles. The van der Waals surface area contributed by atoms with Gasteiger partial charge in [0.25, 0.3) is 0 Å². The lowest BCUT2D eigenvalue weighted by molar-refractivity contribution is -0.137. The van der Waals surface area contributed by atoms with Crippen molar-refractivity contribution in [1.29, 1.82) is 0 Å². The van der Waals surface area contributed by atoms with E-state index < -0.39 is 11.7 Å². The Morgan fingerprint density at radius 3 is 1.78 bits per heavy atom. The maximum atomic E-state index is 14.7. The van der Waals surface area contributed by atoms with E-state index in [1.54, 1.807) is 0 Å². The van der Waals surface area contributed by atoms with Gasteiger partial charge in [-0.25, -0.2) is 4.98 Å². The van der Waals surface area contributed by atoms with Gasteiger partial charge >= 0.3 is 6.18 Å². The molecular formula is C46H26F3N5O. The molecule has 262 valence electrons. The van der Waals surface area contributed by atoms with Gasteiger partial charge in [0.15, 0.2) is 11.6 Å². The molecule has 0 bridgehead atoms. The number of halogens is 3. The molecule has 0 aliphatic rings. The van der Waals surface area contributed by atoms with Crippen LogP contribution in [0.4, 0.5) is 13.2 Å². The van der Waals surface area contributed by atoms with Gasteiger partial charge in [-0.3, -0.25) is 4.57 Å². The molecule has 0 spiro atoms. The number of rotatable bonds is 4. The van der Waals surface area contributed by atoms with Crippen molar-refractivity contribution >= 4 is 65.6 Å². The van der Waals surface area contributed by atoms with Crippen LogP contribution in [0.3, 0.4) is 0 Å². The SMILES string of the molecule is FC(F)(F)c1ccc(-n2c3ccccc3c3c4oc5ccccc5c4ccc32)c(-c2nc(-c3ccccc3)nc(-n3c4ccccc4c4ccccc43)n2)c1. The van der Waals surface area contributed by atoms with Gasteiger partial charge in [0.05, 0.1) is 38.7 Å². The van der Waals surface area contributed by atoms with Crippen LogP contribution in [0.2, 0.25) is 0 Å². The molecule has 0 amide bonds. The first-order valence-corrected chi connectivity index (χ1v) is 17.8. The summed E-state index contributed by atoms with van der Waals surface area (Å²) in [4.78, 5) is 15.0. The molecule has 4 heterocycles. The lowest BCUT2D eigenvalue weighted by Crippen LogP contribution is -2.10. The predicted molar refractivity (Wildman–Crippen MR) is 212 cm³/mol. The van der Waals surface area contributed by atoms with Crippen LogP contribution in [0, 0.1) is 0 Å². The normalized spacial score (nSPS) is 12.3. The van der Waals surface area contributed by atoms with E-state index in [4.69, 9.17) is 19.4 Å². The minimum atomic E-state index is -4.63. The van der Waals surface area contributed by atoms with Crippen molar-refractivity contribution in [3.05, 3.63) is 163 Å². The Labute approximate surface area is 310 Å². The van der Waals surface area contributed by atoms with Gasteiger partial charge in [0.1, 0.15) is 11.2 Å². The Balaban J connectivity index is 1.25. The second-order valence-corrected chi connectivity index (χ2v) is 13.5. The van der Waals surface area contributed by atoms with Gasteiger partial charge in [-0.05, 0) is 54.6 Å². The highest BCUT2D eigenvalue weighted by atomic mass is 19.4. The molecule has 0 radical (unpaired) electrons. The lowest BCUT2D eigenvalue weighted by Gasteiger charge is -2.17. The zero-order chi connectivity index (χ0) is 36.8. The van der Waals surface area contributed by atoms with Crippen LogP contribution in [-0.4, -0.2) is 24.1 Å². The van der Waals surface area contributed by atoms with Crippen LogP contribution in [-0.2, 0) is 6.18 Å². The van der Waals surface area contributed by atoms with Crippen LogP contribution >= 0.6 is 0 Å².